The molecular weight excluding hydrogens is 124 g/mol. The zero-order chi connectivity index (χ0) is 7.82. The van der Waals surface area contributed by atoms with Crippen molar-refractivity contribution < 1.29 is 0 Å². The Labute approximate surface area is 63.9 Å². The summed E-state index contributed by atoms with van der Waals surface area (Å²) in [4.78, 5) is 2.18. The quantitative estimate of drug-likeness (QED) is 0.569. The van der Waals surface area contributed by atoms with E-state index in [-0.39, 0.29) is 0 Å². The van der Waals surface area contributed by atoms with Gasteiger partial charge in [0.05, 0.1) is 0 Å². The average Bonchev–Trinajstić information content (AvgIpc) is 1.87. The summed E-state index contributed by atoms with van der Waals surface area (Å²) < 4.78 is 0. The molecule has 0 aromatic heterocycles. The van der Waals surface area contributed by atoms with Gasteiger partial charge in [-0.05, 0) is 27.6 Å². The number of likely N-dealkylation sites (N-methyl/N-ethyl adjacent to an activating group) is 1. The molecule has 2 nitrogen and oxygen atoms in total. The molecule has 0 atom stereocenters. The van der Waals surface area contributed by atoms with Crippen LogP contribution in [-0.2, 0) is 0 Å². The summed E-state index contributed by atoms with van der Waals surface area (Å²) in [5, 5.41) is 3.06. The Bertz CT molecular complexity index is 87.3. The lowest BCUT2D eigenvalue weighted by Gasteiger charge is -2.05. The molecule has 0 rings (SSSR count). The normalized spacial score (nSPS) is 11.6. The first-order valence-corrected chi connectivity index (χ1v) is 3.71. The third kappa shape index (κ3) is 7.66. The molecule has 60 valence electrons. The lowest BCUT2D eigenvalue weighted by Crippen LogP contribution is -2.12. The SMILES string of the molecule is CNC/C=C/CCN(C)C. The van der Waals surface area contributed by atoms with Crippen LogP contribution in [-0.4, -0.2) is 39.1 Å². The summed E-state index contributed by atoms with van der Waals surface area (Å²) in [5.74, 6) is 0. The highest BCUT2D eigenvalue weighted by molar-refractivity contribution is 4.83. The highest BCUT2D eigenvalue weighted by atomic mass is 15.0. The highest BCUT2D eigenvalue weighted by Crippen LogP contribution is 1.84. The molecular formula is C8H18N2. The van der Waals surface area contributed by atoms with Gasteiger partial charge in [0.2, 0.25) is 0 Å². The van der Waals surface area contributed by atoms with Gasteiger partial charge in [-0.1, -0.05) is 12.2 Å². The van der Waals surface area contributed by atoms with E-state index in [4.69, 9.17) is 0 Å². The zero-order valence-corrected chi connectivity index (χ0v) is 7.22. The van der Waals surface area contributed by atoms with Crippen molar-refractivity contribution in [3.8, 4) is 0 Å². The number of nitrogens with one attached hydrogen (secondary N) is 1. The second-order valence-corrected chi connectivity index (χ2v) is 2.62. The Morgan fingerprint density at radius 2 is 2.00 bits per heavy atom. The van der Waals surface area contributed by atoms with Crippen molar-refractivity contribution in [1.29, 1.82) is 0 Å². The van der Waals surface area contributed by atoms with Gasteiger partial charge in [-0.3, -0.25) is 0 Å². The van der Waals surface area contributed by atoms with E-state index in [1.54, 1.807) is 0 Å². The molecule has 0 bridgehead atoms. The Balaban J connectivity index is 3.02. The summed E-state index contributed by atoms with van der Waals surface area (Å²) in [7, 11) is 6.13. The van der Waals surface area contributed by atoms with Crippen LogP contribution >= 0.6 is 0 Å². The fourth-order valence-corrected chi connectivity index (χ4v) is 0.652. The van der Waals surface area contributed by atoms with Gasteiger partial charge in [-0.25, -0.2) is 0 Å². The van der Waals surface area contributed by atoms with Crippen molar-refractivity contribution >= 4 is 0 Å². The van der Waals surface area contributed by atoms with Crippen LogP contribution in [0.15, 0.2) is 12.2 Å². The number of nitrogens with zero attached hydrogens (tertiary/aromatic N) is 1. The van der Waals surface area contributed by atoms with Crippen LogP contribution in [0.3, 0.4) is 0 Å². The summed E-state index contributed by atoms with van der Waals surface area (Å²) in [6.45, 7) is 2.12. The second kappa shape index (κ2) is 6.78. The van der Waals surface area contributed by atoms with Crippen LogP contribution in [0.1, 0.15) is 6.42 Å². The predicted molar refractivity (Wildman–Crippen MR) is 46.2 cm³/mol. The molecule has 0 unspecified atom stereocenters. The minimum absolute atomic E-state index is 0.980. The summed E-state index contributed by atoms with van der Waals surface area (Å²) >= 11 is 0. The first-order valence-electron chi connectivity index (χ1n) is 3.71. The van der Waals surface area contributed by atoms with E-state index in [9.17, 15) is 0 Å². The molecule has 0 radical (unpaired) electrons. The van der Waals surface area contributed by atoms with Crippen molar-refractivity contribution in [2.75, 3.05) is 34.2 Å². The van der Waals surface area contributed by atoms with Crippen molar-refractivity contribution in [1.82, 2.24) is 10.2 Å². The van der Waals surface area contributed by atoms with Crippen LogP contribution in [0.25, 0.3) is 0 Å². The van der Waals surface area contributed by atoms with E-state index < -0.39 is 0 Å². The van der Waals surface area contributed by atoms with Gasteiger partial charge < -0.3 is 10.2 Å². The van der Waals surface area contributed by atoms with Gasteiger partial charge in [-0.15, -0.1) is 0 Å². The summed E-state index contributed by atoms with van der Waals surface area (Å²) in [6.07, 6.45) is 5.51. The van der Waals surface area contributed by atoms with Crippen molar-refractivity contribution in [3.63, 3.8) is 0 Å². The van der Waals surface area contributed by atoms with E-state index in [1.807, 2.05) is 7.05 Å². The van der Waals surface area contributed by atoms with Crippen LogP contribution in [0, 0.1) is 0 Å². The molecule has 0 aliphatic heterocycles. The molecule has 0 amide bonds. The van der Waals surface area contributed by atoms with Crippen molar-refractivity contribution in [2.24, 2.45) is 0 Å². The average molecular weight is 142 g/mol. The predicted octanol–water partition coefficient (Wildman–Crippen LogP) is 0.714. The van der Waals surface area contributed by atoms with E-state index in [0.29, 0.717) is 0 Å². The maximum atomic E-state index is 3.06. The molecule has 0 aromatic carbocycles. The Morgan fingerprint density at radius 3 is 2.50 bits per heavy atom. The zero-order valence-electron chi connectivity index (χ0n) is 7.22. The molecule has 0 aliphatic rings. The van der Waals surface area contributed by atoms with E-state index >= 15 is 0 Å². The second-order valence-electron chi connectivity index (χ2n) is 2.62. The number of hydrogen-bond donors (Lipinski definition) is 1. The first kappa shape index (κ1) is 9.66. The maximum absolute atomic E-state index is 3.06. The van der Waals surface area contributed by atoms with Gasteiger partial charge >= 0.3 is 0 Å². The molecule has 0 aromatic rings. The molecule has 0 fully saturated rings. The van der Waals surface area contributed by atoms with Gasteiger partial charge in [0.15, 0.2) is 0 Å². The fraction of sp³-hybridized carbons (Fsp3) is 0.750. The van der Waals surface area contributed by atoms with Crippen molar-refractivity contribution in [3.05, 3.63) is 12.2 Å². The minimum atomic E-state index is 0.980. The number of rotatable bonds is 5. The van der Waals surface area contributed by atoms with Crippen LogP contribution in [0.4, 0.5) is 0 Å². The lowest BCUT2D eigenvalue weighted by atomic mass is 10.3. The summed E-state index contributed by atoms with van der Waals surface area (Å²) in [6, 6.07) is 0. The van der Waals surface area contributed by atoms with E-state index in [1.165, 1.54) is 0 Å². The van der Waals surface area contributed by atoms with E-state index in [2.05, 4.69) is 36.5 Å². The smallest absolute Gasteiger partial charge is 0.0131 e. The molecule has 2 heteroatoms. The molecule has 0 saturated heterocycles. The monoisotopic (exact) mass is 142 g/mol. The summed E-state index contributed by atoms with van der Waals surface area (Å²) in [5.41, 5.74) is 0. The maximum Gasteiger partial charge on any atom is 0.0131 e. The minimum Gasteiger partial charge on any atom is -0.316 e. The standard InChI is InChI=1S/C8H18N2/c1-9-7-5-4-6-8-10(2)3/h4-5,9H,6-8H2,1-3H3/b5-4+. The van der Waals surface area contributed by atoms with Gasteiger partial charge in [0.25, 0.3) is 0 Å². The van der Waals surface area contributed by atoms with Gasteiger partial charge in [0, 0.05) is 13.1 Å². The Hall–Kier alpha value is -0.340. The fourth-order valence-electron chi connectivity index (χ4n) is 0.652. The van der Waals surface area contributed by atoms with E-state index in [0.717, 1.165) is 19.5 Å². The molecule has 0 spiro atoms. The van der Waals surface area contributed by atoms with Crippen molar-refractivity contribution in [2.45, 2.75) is 6.42 Å². The van der Waals surface area contributed by atoms with Crippen LogP contribution in [0.2, 0.25) is 0 Å². The van der Waals surface area contributed by atoms with Crippen LogP contribution < -0.4 is 5.32 Å². The topological polar surface area (TPSA) is 15.3 Å². The molecule has 0 aliphatic carbocycles. The molecule has 10 heavy (non-hydrogen) atoms. The third-order valence-electron chi connectivity index (χ3n) is 1.23. The Kier molecular flexibility index (Phi) is 6.55. The number of hydrogen-bond acceptors (Lipinski definition) is 2. The molecule has 0 heterocycles. The lowest BCUT2D eigenvalue weighted by molar-refractivity contribution is 0.417. The van der Waals surface area contributed by atoms with Gasteiger partial charge in [-0.2, -0.15) is 0 Å². The largest absolute Gasteiger partial charge is 0.316 e. The first-order chi connectivity index (χ1) is 4.77. The molecule has 1 N–H and O–H groups in total. The van der Waals surface area contributed by atoms with Gasteiger partial charge in [0.1, 0.15) is 0 Å². The molecule has 0 saturated carbocycles. The van der Waals surface area contributed by atoms with Crippen LogP contribution in [0.5, 0.6) is 0 Å². The third-order valence-corrected chi connectivity index (χ3v) is 1.23. The highest BCUT2D eigenvalue weighted by Gasteiger charge is 1.83. The Morgan fingerprint density at radius 1 is 1.30 bits per heavy atom.